The Kier molecular flexibility index (Phi) is 6.54. The van der Waals surface area contributed by atoms with Crippen LogP contribution in [0.15, 0.2) is 95.2 Å². The zero-order valence-corrected chi connectivity index (χ0v) is 17.5. The average molecular weight is 432 g/mol. The Bertz CT molecular complexity index is 1100. The number of carbonyl (C=O) groups is 2. The van der Waals surface area contributed by atoms with Crippen LogP contribution >= 0.6 is 11.3 Å². The van der Waals surface area contributed by atoms with Gasteiger partial charge in [-0.15, -0.1) is 11.3 Å². The summed E-state index contributed by atoms with van der Waals surface area (Å²) in [5.41, 5.74) is 1.27. The Balaban J connectivity index is 1.70. The number of hydrogen-bond donors (Lipinski definition) is 1. The van der Waals surface area contributed by atoms with Crippen molar-refractivity contribution in [3.05, 3.63) is 107 Å². The van der Waals surface area contributed by atoms with Gasteiger partial charge in [0, 0.05) is 11.1 Å². The van der Waals surface area contributed by atoms with Gasteiger partial charge in [0.05, 0.1) is 31.1 Å². The molecule has 2 amide bonds. The fraction of sp³-hybridized carbons (Fsp3) is 0.125. The number of rotatable bonds is 8. The van der Waals surface area contributed by atoms with Gasteiger partial charge in [-0.2, -0.15) is 0 Å². The van der Waals surface area contributed by atoms with Crippen molar-refractivity contribution in [3.63, 3.8) is 0 Å². The molecule has 0 aliphatic carbocycles. The van der Waals surface area contributed by atoms with Crippen molar-refractivity contribution >= 4 is 28.8 Å². The van der Waals surface area contributed by atoms with E-state index in [1.165, 1.54) is 16.2 Å². The van der Waals surface area contributed by atoms with Crippen molar-refractivity contribution in [2.24, 2.45) is 0 Å². The number of aromatic nitrogens is 1. The number of anilines is 1. The van der Waals surface area contributed by atoms with Crippen LogP contribution in [-0.2, 0) is 22.6 Å². The summed E-state index contributed by atoms with van der Waals surface area (Å²) in [5.74, 6) is 0.154. The Hall–Kier alpha value is -3.71. The smallest absolute Gasteiger partial charge is 0.248 e. The molecule has 156 valence electrons. The molecule has 7 heteroatoms. The van der Waals surface area contributed by atoms with E-state index in [-0.39, 0.29) is 24.8 Å². The second kappa shape index (κ2) is 9.86. The highest BCUT2D eigenvalue weighted by Crippen LogP contribution is 2.29. The lowest BCUT2D eigenvalue weighted by atomic mass is 10.0. The first-order valence-electron chi connectivity index (χ1n) is 9.82. The Morgan fingerprint density at radius 1 is 1.03 bits per heavy atom. The highest BCUT2D eigenvalue weighted by Gasteiger charge is 2.33. The molecule has 0 aliphatic rings. The highest BCUT2D eigenvalue weighted by molar-refractivity contribution is 7.10. The van der Waals surface area contributed by atoms with Crippen LogP contribution in [0.3, 0.4) is 0 Å². The van der Waals surface area contributed by atoms with Crippen LogP contribution < -0.4 is 10.2 Å². The van der Waals surface area contributed by atoms with E-state index in [9.17, 15) is 9.59 Å². The minimum atomic E-state index is -0.854. The molecule has 1 atom stereocenters. The zero-order valence-electron chi connectivity index (χ0n) is 16.7. The second-order valence-electron chi connectivity index (χ2n) is 6.84. The third-order valence-corrected chi connectivity index (χ3v) is 5.61. The van der Waals surface area contributed by atoms with Crippen molar-refractivity contribution in [2.75, 3.05) is 4.90 Å². The largest absolute Gasteiger partial charge is 0.467 e. The third kappa shape index (κ3) is 5.07. The van der Waals surface area contributed by atoms with E-state index in [1.54, 1.807) is 42.9 Å². The van der Waals surface area contributed by atoms with Gasteiger partial charge in [-0.1, -0.05) is 36.4 Å². The van der Waals surface area contributed by atoms with Crippen LogP contribution in [0.1, 0.15) is 22.2 Å². The normalized spacial score (nSPS) is 11.6. The Morgan fingerprint density at radius 3 is 2.58 bits per heavy atom. The molecule has 0 fully saturated rings. The number of hydrogen-bond acceptors (Lipinski definition) is 5. The molecule has 0 unspecified atom stereocenters. The molecule has 0 saturated carbocycles. The molecule has 4 rings (SSSR count). The lowest BCUT2D eigenvalue weighted by molar-refractivity contribution is -0.126. The summed E-state index contributed by atoms with van der Waals surface area (Å²) in [7, 11) is 0. The lowest BCUT2D eigenvalue weighted by Crippen LogP contribution is -2.44. The van der Waals surface area contributed by atoms with Crippen molar-refractivity contribution in [2.45, 2.75) is 19.0 Å². The molecular formula is C24H21N3O3S. The summed E-state index contributed by atoms with van der Waals surface area (Å²) in [6.45, 7) is 0.231. The predicted octanol–water partition coefficient (Wildman–Crippen LogP) is 4.37. The van der Waals surface area contributed by atoms with Gasteiger partial charge in [-0.05, 0) is 41.3 Å². The summed E-state index contributed by atoms with van der Waals surface area (Å²) in [6.07, 6.45) is 4.99. The van der Waals surface area contributed by atoms with Crippen LogP contribution in [0.2, 0.25) is 0 Å². The average Bonchev–Trinajstić information content (AvgIpc) is 3.51. The van der Waals surface area contributed by atoms with Crippen molar-refractivity contribution in [1.82, 2.24) is 10.3 Å². The number of nitrogens with zero attached hydrogens (tertiary/aromatic N) is 2. The SMILES string of the molecule is O=C(NCc1ccco1)[C@@H](c1ccccc1)N(C(=O)Cc1cccs1)c1cccnc1. The van der Waals surface area contributed by atoms with Gasteiger partial charge < -0.3 is 9.73 Å². The summed E-state index contributed by atoms with van der Waals surface area (Å²) >= 11 is 1.51. The predicted molar refractivity (Wildman–Crippen MR) is 119 cm³/mol. The molecule has 0 radical (unpaired) electrons. The maximum atomic E-state index is 13.5. The molecule has 6 nitrogen and oxygen atoms in total. The molecule has 1 aromatic carbocycles. The van der Waals surface area contributed by atoms with Gasteiger partial charge in [0.2, 0.25) is 11.8 Å². The summed E-state index contributed by atoms with van der Waals surface area (Å²) in [5, 5.41) is 4.84. The zero-order chi connectivity index (χ0) is 21.5. The second-order valence-corrected chi connectivity index (χ2v) is 7.87. The topological polar surface area (TPSA) is 75.4 Å². The van der Waals surface area contributed by atoms with Crippen molar-refractivity contribution in [3.8, 4) is 0 Å². The van der Waals surface area contributed by atoms with Crippen molar-refractivity contribution in [1.29, 1.82) is 0 Å². The molecule has 0 spiro atoms. The number of pyridine rings is 1. The van der Waals surface area contributed by atoms with E-state index in [0.717, 1.165) is 4.88 Å². The molecule has 3 heterocycles. The molecule has 0 aliphatic heterocycles. The lowest BCUT2D eigenvalue weighted by Gasteiger charge is -2.31. The third-order valence-electron chi connectivity index (χ3n) is 4.74. The minimum absolute atomic E-state index is 0.183. The van der Waals surface area contributed by atoms with E-state index in [0.29, 0.717) is 17.0 Å². The van der Waals surface area contributed by atoms with E-state index in [4.69, 9.17) is 4.42 Å². The number of thiophene rings is 1. The fourth-order valence-electron chi connectivity index (χ4n) is 3.32. The van der Waals surface area contributed by atoms with Crippen LogP contribution in [0.5, 0.6) is 0 Å². The van der Waals surface area contributed by atoms with Gasteiger partial charge in [0.25, 0.3) is 0 Å². The number of benzene rings is 1. The summed E-state index contributed by atoms with van der Waals surface area (Å²) in [6, 6.07) is 19.3. The molecule has 0 bridgehead atoms. The Labute approximate surface area is 184 Å². The first-order chi connectivity index (χ1) is 15.2. The maximum Gasteiger partial charge on any atom is 0.248 e. The van der Waals surface area contributed by atoms with E-state index >= 15 is 0 Å². The molecule has 31 heavy (non-hydrogen) atoms. The van der Waals surface area contributed by atoms with Gasteiger partial charge in [-0.25, -0.2) is 0 Å². The molecular weight excluding hydrogens is 410 g/mol. The highest BCUT2D eigenvalue weighted by atomic mass is 32.1. The number of carbonyl (C=O) groups excluding carboxylic acids is 2. The van der Waals surface area contributed by atoms with Crippen LogP contribution in [0.25, 0.3) is 0 Å². The standard InChI is InChI=1S/C24H21N3O3S/c28-22(15-21-11-6-14-31-21)27(19-9-4-12-25-16-19)23(18-7-2-1-3-8-18)24(29)26-17-20-10-5-13-30-20/h1-14,16,23H,15,17H2,(H,26,29)/t23-/m1/s1. The molecule has 0 saturated heterocycles. The van der Waals surface area contributed by atoms with Crippen LogP contribution in [-0.4, -0.2) is 16.8 Å². The number of furan rings is 1. The first-order valence-corrected chi connectivity index (χ1v) is 10.7. The Morgan fingerprint density at radius 2 is 1.90 bits per heavy atom. The quantitative estimate of drug-likeness (QED) is 0.450. The van der Waals surface area contributed by atoms with Crippen LogP contribution in [0.4, 0.5) is 5.69 Å². The van der Waals surface area contributed by atoms with Gasteiger partial charge >= 0.3 is 0 Å². The van der Waals surface area contributed by atoms with Crippen molar-refractivity contribution < 1.29 is 14.0 Å². The first kappa shape index (κ1) is 20.6. The minimum Gasteiger partial charge on any atom is -0.467 e. The number of nitrogens with one attached hydrogen (secondary N) is 1. The van der Waals surface area contributed by atoms with Gasteiger partial charge in [-0.3, -0.25) is 19.5 Å². The fourth-order valence-corrected chi connectivity index (χ4v) is 4.01. The summed E-state index contributed by atoms with van der Waals surface area (Å²) < 4.78 is 5.33. The molecule has 4 aromatic rings. The maximum absolute atomic E-state index is 13.5. The van der Waals surface area contributed by atoms with Crippen LogP contribution in [0, 0.1) is 0 Å². The van der Waals surface area contributed by atoms with E-state index in [2.05, 4.69) is 10.3 Å². The monoisotopic (exact) mass is 431 g/mol. The van der Waals surface area contributed by atoms with E-state index < -0.39 is 6.04 Å². The molecule has 1 N–H and O–H groups in total. The van der Waals surface area contributed by atoms with Gasteiger partial charge in [0.1, 0.15) is 11.8 Å². The number of amides is 2. The molecule has 3 aromatic heterocycles. The van der Waals surface area contributed by atoms with Gasteiger partial charge in [0.15, 0.2) is 0 Å². The van der Waals surface area contributed by atoms with E-state index in [1.807, 2.05) is 47.8 Å². The summed E-state index contributed by atoms with van der Waals surface area (Å²) in [4.78, 5) is 33.5.